The van der Waals surface area contributed by atoms with Crippen molar-refractivity contribution in [2.45, 2.75) is 26.8 Å². The number of guanidine groups is 1. The lowest BCUT2D eigenvalue weighted by molar-refractivity contribution is 0.308. The molecule has 1 unspecified atom stereocenters. The van der Waals surface area contributed by atoms with Crippen molar-refractivity contribution >= 4 is 11.7 Å². The summed E-state index contributed by atoms with van der Waals surface area (Å²) in [5, 5.41) is 7.77. The fourth-order valence-corrected chi connectivity index (χ4v) is 2.36. The summed E-state index contributed by atoms with van der Waals surface area (Å²) in [6.07, 6.45) is 0. The normalized spacial score (nSPS) is 18.0. The number of nitrogens with zero attached hydrogens (tertiary/aromatic N) is 3. The van der Waals surface area contributed by atoms with E-state index in [2.05, 4.69) is 58.6 Å². The minimum Gasteiger partial charge on any atom is -0.354 e. The molecule has 1 aromatic carbocycles. The molecule has 0 bridgehead atoms. The van der Waals surface area contributed by atoms with Gasteiger partial charge in [0.15, 0.2) is 0 Å². The van der Waals surface area contributed by atoms with E-state index in [1.165, 1.54) is 0 Å². The molecule has 0 radical (unpaired) electrons. The van der Waals surface area contributed by atoms with Crippen LogP contribution >= 0.6 is 0 Å². The summed E-state index contributed by atoms with van der Waals surface area (Å²) in [5.41, 5.74) is 5.11. The zero-order chi connectivity index (χ0) is 15.1. The molecule has 0 amide bonds. The Morgan fingerprint density at radius 1 is 1.19 bits per heavy atom. The van der Waals surface area contributed by atoms with E-state index >= 15 is 0 Å². The van der Waals surface area contributed by atoms with Gasteiger partial charge in [0.1, 0.15) is 0 Å². The van der Waals surface area contributed by atoms with Crippen molar-refractivity contribution in [3.8, 4) is 0 Å². The Labute approximate surface area is 127 Å². The summed E-state index contributed by atoms with van der Waals surface area (Å²) in [4.78, 5) is 7.01. The molecular formula is C16H25N5. The molecule has 2 N–H and O–H groups in total. The molecule has 5 nitrogen and oxygen atoms in total. The standard InChI is InChI=1S/C16H25N5/c1-4-21(5-2)12-11-17-16-18-13(3)15(19-20-16)14-9-7-6-8-10-14/h6-10,13H,4-5,11-12H2,1-3H3,(H2,17,18,20). The van der Waals surface area contributed by atoms with Crippen molar-refractivity contribution in [1.29, 1.82) is 0 Å². The Morgan fingerprint density at radius 2 is 1.90 bits per heavy atom. The van der Waals surface area contributed by atoms with Gasteiger partial charge in [-0.05, 0) is 25.6 Å². The van der Waals surface area contributed by atoms with Gasteiger partial charge in [0.2, 0.25) is 5.96 Å². The van der Waals surface area contributed by atoms with Crippen molar-refractivity contribution in [3.05, 3.63) is 35.9 Å². The van der Waals surface area contributed by atoms with Gasteiger partial charge in [0.05, 0.1) is 11.8 Å². The number of rotatable bonds is 6. The van der Waals surface area contributed by atoms with Gasteiger partial charge in [0.25, 0.3) is 0 Å². The van der Waals surface area contributed by atoms with E-state index in [4.69, 9.17) is 0 Å². The maximum absolute atomic E-state index is 4.63. The molecular weight excluding hydrogens is 262 g/mol. The number of likely N-dealkylation sites (N-methyl/N-ethyl adjacent to an activating group) is 1. The average molecular weight is 287 g/mol. The quantitative estimate of drug-likeness (QED) is 0.837. The zero-order valence-electron chi connectivity index (χ0n) is 13.1. The Morgan fingerprint density at radius 3 is 2.52 bits per heavy atom. The molecule has 0 spiro atoms. The largest absolute Gasteiger partial charge is 0.354 e. The van der Waals surface area contributed by atoms with E-state index in [9.17, 15) is 0 Å². The highest BCUT2D eigenvalue weighted by atomic mass is 15.4. The van der Waals surface area contributed by atoms with Crippen LogP contribution in [0.1, 0.15) is 26.3 Å². The van der Waals surface area contributed by atoms with Crippen LogP contribution in [0, 0.1) is 0 Å². The van der Waals surface area contributed by atoms with Gasteiger partial charge in [-0.25, -0.2) is 10.4 Å². The minimum absolute atomic E-state index is 0.0598. The summed E-state index contributed by atoms with van der Waals surface area (Å²) < 4.78 is 0. The van der Waals surface area contributed by atoms with Crippen LogP contribution in [0.15, 0.2) is 40.4 Å². The van der Waals surface area contributed by atoms with E-state index in [1.807, 2.05) is 18.2 Å². The van der Waals surface area contributed by atoms with Crippen LogP contribution in [0.2, 0.25) is 0 Å². The van der Waals surface area contributed by atoms with E-state index in [1.54, 1.807) is 0 Å². The third-order valence-electron chi connectivity index (χ3n) is 3.69. The molecule has 5 heteroatoms. The number of hydrazone groups is 1. The molecule has 114 valence electrons. The van der Waals surface area contributed by atoms with Crippen molar-refractivity contribution in [2.75, 3.05) is 26.2 Å². The predicted octanol–water partition coefficient (Wildman–Crippen LogP) is 1.67. The summed E-state index contributed by atoms with van der Waals surface area (Å²) in [6, 6.07) is 10.2. The molecule has 0 aliphatic carbocycles. The molecule has 21 heavy (non-hydrogen) atoms. The summed E-state index contributed by atoms with van der Waals surface area (Å²) in [5.74, 6) is 0.759. The highest BCUT2D eigenvalue weighted by molar-refractivity contribution is 6.07. The molecule has 0 fully saturated rings. The Kier molecular flexibility index (Phi) is 5.75. The lowest BCUT2D eigenvalue weighted by Crippen LogP contribution is -2.43. The van der Waals surface area contributed by atoms with Crippen LogP contribution in [0.25, 0.3) is 0 Å². The van der Waals surface area contributed by atoms with Gasteiger partial charge in [-0.1, -0.05) is 44.2 Å². The summed E-state index contributed by atoms with van der Waals surface area (Å²) in [7, 11) is 0. The minimum atomic E-state index is 0.0598. The van der Waals surface area contributed by atoms with Gasteiger partial charge in [0, 0.05) is 13.1 Å². The van der Waals surface area contributed by atoms with Crippen LogP contribution in [0.4, 0.5) is 0 Å². The van der Waals surface area contributed by atoms with E-state index in [0.29, 0.717) is 0 Å². The number of hydrogen-bond donors (Lipinski definition) is 2. The first kappa shape index (κ1) is 15.5. The van der Waals surface area contributed by atoms with Gasteiger partial charge < -0.3 is 10.2 Å². The van der Waals surface area contributed by atoms with E-state index in [-0.39, 0.29) is 6.04 Å². The first-order chi connectivity index (χ1) is 10.2. The molecule has 1 aromatic rings. The van der Waals surface area contributed by atoms with Crippen molar-refractivity contribution in [2.24, 2.45) is 10.1 Å². The first-order valence-electron chi connectivity index (χ1n) is 7.67. The highest BCUT2D eigenvalue weighted by Crippen LogP contribution is 2.09. The van der Waals surface area contributed by atoms with Gasteiger partial charge in [-0.2, -0.15) is 5.10 Å². The molecule has 1 atom stereocenters. The number of aliphatic imine (C=N–C) groups is 1. The Bertz CT molecular complexity index is 491. The fraction of sp³-hybridized carbons (Fsp3) is 0.500. The van der Waals surface area contributed by atoms with Crippen molar-refractivity contribution in [3.63, 3.8) is 0 Å². The number of nitrogens with one attached hydrogen (secondary N) is 2. The molecule has 1 aliphatic heterocycles. The fourth-order valence-electron chi connectivity index (χ4n) is 2.36. The third kappa shape index (κ3) is 4.29. The highest BCUT2D eigenvalue weighted by Gasteiger charge is 2.17. The SMILES string of the molecule is CCN(CC)CCNC1=NC(C)C(c2ccccc2)=NN1. The van der Waals surface area contributed by atoms with Crippen molar-refractivity contribution in [1.82, 2.24) is 15.6 Å². The lowest BCUT2D eigenvalue weighted by Gasteiger charge is -2.22. The van der Waals surface area contributed by atoms with Crippen LogP contribution in [-0.2, 0) is 0 Å². The van der Waals surface area contributed by atoms with Crippen LogP contribution < -0.4 is 10.7 Å². The third-order valence-corrected chi connectivity index (χ3v) is 3.69. The zero-order valence-corrected chi connectivity index (χ0v) is 13.1. The Hall–Kier alpha value is -1.88. The van der Waals surface area contributed by atoms with Gasteiger partial charge in [-0.3, -0.25) is 0 Å². The van der Waals surface area contributed by atoms with Crippen molar-refractivity contribution < 1.29 is 0 Å². The predicted molar refractivity (Wildman–Crippen MR) is 88.8 cm³/mol. The first-order valence-corrected chi connectivity index (χ1v) is 7.67. The topological polar surface area (TPSA) is 52.0 Å². The average Bonchev–Trinajstić information content (AvgIpc) is 2.52. The molecule has 2 rings (SSSR count). The second kappa shape index (κ2) is 7.78. The van der Waals surface area contributed by atoms with Crippen LogP contribution in [0.3, 0.4) is 0 Å². The smallest absolute Gasteiger partial charge is 0.212 e. The molecule has 0 saturated heterocycles. The van der Waals surface area contributed by atoms with Crippen LogP contribution in [0.5, 0.6) is 0 Å². The van der Waals surface area contributed by atoms with E-state index < -0.39 is 0 Å². The molecule has 1 aliphatic rings. The van der Waals surface area contributed by atoms with Gasteiger partial charge >= 0.3 is 0 Å². The lowest BCUT2D eigenvalue weighted by atomic mass is 10.0. The van der Waals surface area contributed by atoms with Crippen LogP contribution in [-0.4, -0.2) is 48.8 Å². The van der Waals surface area contributed by atoms with E-state index in [0.717, 1.165) is 43.4 Å². The monoisotopic (exact) mass is 287 g/mol. The maximum atomic E-state index is 4.63. The number of hydrogen-bond acceptors (Lipinski definition) is 5. The Balaban J connectivity index is 1.87. The molecule has 0 saturated carbocycles. The summed E-state index contributed by atoms with van der Waals surface area (Å²) >= 11 is 0. The second-order valence-electron chi connectivity index (χ2n) is 5.08. The maximum Gasteiger partial charge on any atom is 0.212 e. The van der Waals surface area contributed by atoms with Gasteiger partial charge in [-0.15, -0.1) is 0 Å². The summed E-state index contributed by atoms with van der Waals surface area (Å²) in [6.45, 7) is 10.5. The second-order valence-corrected chi connectivity index (χ2v) is 5.08. The number of benzene rings is 1. The molecule has 0 aromatic heterocycles. The molecule has 1 heterocycles.